The van der Waals surface area contributed by atoms with Crippen LogP contribution in [0.4, 0.5) is 0 Å². The highest BCUT2D eigenvalue weighted by Gasteiger charge is 2.28. The van der Waals surface area contributed by atoms with Gasteiger partial charge >= 0.3 is 5.97 Å². The quantitative estimate of drug-likeness (QED) is 0.725. The lowest BCUT2D eigenvalue weighted by atomic mass is 9.94. The second-order valence-electron chi connectivity index (χ2n) is 6.17. The Hall–Kier alpha value is -3.29. The minimum absolute atomic E-state index is 0.0512. The zero-order valence-electron chi connectivity index (χ0n) is 14.7. The van der Waals surface area contributed by atoms with Gasteiger partial charge in [0.25, 0.3) is 11.7 Å². The third kappa shape index (κ3) is 3.39. The van der Waals surface area contributed by atoms with Gasteiger partial charge in [0.1, 0.15) is 0 Å². The maximum Gasteiger partial charge on any atom is 0.308 e. The number of amides is 1. The average molecular weight is 353 g/mol. The number of carbonyl (C=O) groups is 2. The summed E-state index contributed by atoms with van der Waals surface area (Å²) in [4.78, 5) is 32.5. The summed E-state index contributed by atoms with van der Waals surface area (Å²) in [5.74, 6) is -2.09. The molecule has 8 nitrogen and oxygen atoms in total. The number of fused-ring (bicyclic) bond motifs is 1. The Morgan fingerprint density at radius 1 is 1.15 bits per heavy atom. The molecule has 0 fully saturated rings. The maximum atomic E-state index is 12.7. The second-order valence-corrected chi connectivity index (χ2v) is 6.17. The van der Waals surface area contributed by atoms with Gasteiger partial charge in [-0.15, -0.1) is 5.10 Å². The Kier molecular flexibility index (Phi) is 4.66. The minimum Gasteiger partial charge on any atom is -0.481 e. The van der Waals surface area contributed by atoms with E-state index in [2.05, 4.69) is 20.4 Å². The number of rotatable bonds is 5. The summed E-state index contributed by atoms with van der Waals surface area (Å²) in [6.07, 6.45) is 0. The third-order valence-corrected chi connectivity index (χ3v) is 4.16. The average Bonchev–Trinajstić information content (AvgIpc) is 3.04. The van der Waals surface area contributed by atoms with Crippen molar-refractivity contribution in [2.24, 2.45) is 5.92 Å². The molecule has 2 heterocycles. The molecule has 0 aliphatic heterocycles. The predicted octanol–water partition coefficient (Wildman–Crippen LogP) is 1.93. The van der Waals surface area contributed by atoms with Crippen LogP contribution in [0.25, 0.3) is 5.78 Å². The molecule has 2 unspecified atom stereocenters. The fourth-order valence-corrected chi connectivity index (χ4v) is 2.77. The standard InChI is InChI=1S/C18H19N5O3/c1-10-9-11(2)23-18(19-10)21-15(22-23)16(24)20-14(12(3)17(25)26)13-7-5-4-6-8-13/h4-9,12,14H,1-3H3,(H,20,24)(H,25,26). The van der Waals surface area contributed by atoms with Crippen LogP contribution in [0.2, 0.25) is 0 Å². The van der Waals surface area contributed by atoms with Gasteiger partial charge < -0.3 is 10.4 Å². The first-order valence-electron chi connectivity index (χ1n) is 8.16. The molecule has 3 rings (SSSR count). The smallest absolute Gasteiger partial charge is 0.308 e. The van der Waals surface area contributed by atoms with Crippen LogP contribution in [0.15, 0.2) is 36.4 Å². The van der Waals surface area contributed by atoms with Crippen LogP contribution in [0, 0.1) is 19.8 Å². The summed E-state index contributed by atoms with van der Waals surface area (Å²) in [6.45, 7) is 5.23. The van der Waals surface area contributed by atoms with Crippen molar-refractivity contribution in [3.8, 4) is 0 Å². The summed E-state index contributed by atoms with van der Waals surface area (Å²) in [7, 11) is 0. The number of carboxylic acids is 1. The first-order valence-corrected chi connectivity index (χ1v) is 8.16. The molecule has 2 atom stereocenters. The molecular formula is C18H19N5O3. The van der Waals surface area contributed by atoms with Gasteiger partial charge in [0.2, 0.25) is 5.82 Å². The van der Waals surface area contributed by atoms with Gasteiger partial charge in [-0.2, -0.15) is 4.98 Å². The summed E-state index contributed by atoms with van der Waals surface area (Å²) >= 11 is 0. The summed E-state index contributed by atoms with van der Waals surface area (Å²) in [5.41, 5.74) is 2.28. The Morgan fingerprint density at radius 3 is 2.50 bits per heavy atom. The lowest BCUT2D eigenvalue weighted by molar-refractivity contribution is -0.142. The van der Waals surface area contributed by atoms with Crippen LogP contribution in [-0.2, 0) is 4.79 Å². The monoisotopic (exact) mass is 353 g/mol. The highest BCUT2D eigenvalue weighted by atomic mass is 16.4. The van der Waals surface area contributed by atoms with E-state index in [0.717, 1.165) is 11.4 Å². The van der Waals surface area contributed by atoms with Gasteiger partial charge in [0, 0.05) is 11.4 Å². The zero-order valence-corrected chi connectivity index (χ0v) is 14.7. The molecule has 26 heavy (non-hydrogen) atoms. The van der Waals surface area contributed by atoms with E-state index in [9.17, 15) is 14.7 Å². The molecule has 1 amide bonds. The van der Waals surface area contributed by atoms with Gasteiger partial charge in [-0.3, -0.25) is 9.59 Å². The lowest BCUT2D eigenvalue weighted by Gasteiger charge is -2.22. The molecule has 0 saturated carbocycles. The number of hydrogen-bond acceptors (Lipinski definition) is 5. The van der Waals surface area contributed by atoms with E-state index < -0.39 is 23.8 Å². The number of carboxylic acid groups (broad SMARTS) is 1. The number of nitrogens with zero attached hydrogens (tertiary/aromatic N) is 4. The molecule has 134 valence electrons. The van der Waals surface area contributed by atoms with Crippen molar-refractivity contribution in [2.45, 2.75) is 26.8 Å². The van der Waals surface area contributed by atoms with E-state index in [1.54, 1.807) is 31.2 Å². The Labute approximate surface area is 149 Å². The number of hydrogen-bond donors (Lipinski definition) is 2. The van der Waals surface area contributed by atoms with E-state index in [0.29, 0.717) is 11.3 Å². The van der Waals surface area contributed by atoms with E-state index in [1.165, 1.54) is 4.52 Å². The number of nitrogens with one attached hydrogen (secondary N) is 1. The van der Waals surface area contributed by atoms with Crippen LogP contribution < -0.4 is 5.32 Å². The van der Waals surface area contributed by atoms with Gasteiger partial charge in [0.05, 0.1) is 12.0 Å². The first-order chi connectivity index (χ1) is 12.4. The molecule has 0 aliphatic carbocycles. The van der Waals surface area contributed by atoms with Crippen molar-refractivity contribution in [1.29, 1.82) is 0 Å². The van der Waals surface area contributed by atoms with Crippen molar-refractivity contribution in [3.63, 3.8) is 0 Å². The van der Waals surface area contributed by atoms with E-state index in [-0.39, 0.29) is 5.82 Å². The zero-order chi connectivity index (χ0) is 18.8. The summed E-state index contributed by atoms with van der Waals surface area (Å²) in [6, 6.07) is 10.1. The van der Waals surface area contributed by atoms with Gasteiger partial charge in [-0.1, -0.05) is 30.3 Å². The topological polar surface area (TPSA) is 109 Å². The molecule has 3 aromatic rings. The number of carbonyl (C=O) groups excluding carboxylic acids is 1. The minimum atomic E-state index is -1.00. The predicted molar refractivity (Wildman–Crippen MR) is 93.7 cm³/mol. The third-order valence-electron chi connectivity index (χ3n) is 4.16. The molecule has 0 spiro atoms. The number of aromatic nitrogens is 4. The Morgan fingerprint density at radius 2 is 1.85 bits per heavy atom. The molecule has 0 radical (unpaired) electrons. The van der Waals surface area contributed by atoms with Crippen LogP contribution in [-0.4, -0.2) is 36.6 Å². The molecule has 2 aromatic heterocycles. The fourth-order valence-electron chi connectivity index (χ4n) is 2.77. The van der Waals surface area contributed by atoms with Crippen LogP contribution in [0.5, 0.6) is 0 Å². The van der Waals surface area contributed by atoms with Crippen molar-refractivity contribution >= 4 is 17.7 Å². The van der Waals surface area contributed by atoms with Crippen LogP contribution >= 0.6 is 0 Å². The van der Waals surface area contributed by atoms with Crippen molar-refractivity contribution in [2.75, 3.05) is 0 Å². The van der Waals surface area contributed by atoms with Crippen molar-refractivity contribution in [3.05, 3.63) is 59.2 Å². The number of aliphatic carboxylic acids is 1. The van der Waals surface area contributed by atoms with Crippen molar-refractivity contribution < 1.29 is 14.7 Å². The highest BCUT2D eigenvalue weighted by Crippen LogP contribution is 2.22. The lowest BCUT2D eigenvalue weighted by Crippen LogP contribution is -2.36. The van der Waals surface area contributed by atoms with Gasteiger partial charge in [-0.05, 0) is 32.4 Å². The maximum absolute atomic E-state index is 12.7. The number of benzene rings is 1. The van der Waals surface area contributed by atoms with E-state index >= 15 is 0 Å². The fraction of sp³-hybridized carbons (Fsp3) is 0.278. The largest absolute Gasteiger partial charge is 0.481 e. The van der Waals surface area contributed by atoms with Gasteiger partial charge in [-0.25, -0.2) is 9.50 Å². The van der Waals surface area contributed by atoms with E-state index in [1.807, 2.05) is 26.0 Å². The highest BCUT2D eigenvalue weighted by molar-refractivity contribution is 5.91. The Balaban J connectivity index is 1.93. The number of aryl methyl sites for hydroxylation is 2. The molecule has 1 aromatic carbocycles. The van der Waals surface area contributed by atoms with Crippen molar-refractivity contribution in [1.82, 2.24) is 24.9 Å². The summed E-state index contributed by atoms with van der Waals surface area (Å²) < 4.78 is 1.49. The van der Waals surface area contributed by atoms with Crippen LogP contribution in [0.1, 0.15) is 40.5 Å². The molecular weight excluding hydrogens is 334 g/mol. The molecule has 0 aliphatic rings. The molecule has 8 heteroatoms. The molecule has 2 N–H and O–H groups in total. The Bertz CT molecular complexity index is 968. The first kappa shape index (κ1) is 17.5. The second kappa shape index (κ2) is 6.91. The SMILES string of the molecule is Cc1cc(C)n2nc(C(=O)NC(c3ccccc3)C(C)C(=O)O)nc2n1. The molecule has 0 bridgehead atoms. The van der Waals surface area contributed by atoms with Gasteiger partial charge in [0.15, 0.2) is 0 Å². The van der Waals surface area contributed by atoms with Crippen LogP contribution in [0.3, 0.4) is 0 Å². The van der Waals surface area contributed by atoms with E-state index in [4.69, 9.17) is 0 Å². The summed E-state index contributed by atoms with van der Waals surface area (Å²) in [5, 5.41) is 16.3. The molecule has 0 saturated heterocycles. The normalized spacial score (nSPS) is 13.3.